The molecule has 0 N–H and O–H groups in total. The summed E-state index contributed by atoms with van der Waals surface area (Å²) >= 11 is 5.77. The molecular formula is C18H24BBrOS. The highest BCUT2D eigenvalue weighted by Gasteiger charge is 2.59. The van der Waals surface area contributed by atoms with Crippen molar-refractivity contribution in [2.45, 2.75) is 81.0 Å². The van der Waals surface area contributed by atoms with Crippen LogP contribution in [0, 0.1) is 0 Å². The number of rotatable bonds is 2. The van der Waals surface area contributed by atoms with Gasteiger partial charge in [-0.15, -0.1) is 11.6 Å². The minimum absolute atomic E-state index is 0.0192. The molecule has 0 atom stereocenters. The Labute approximate surface area is 147 Å². The molecule has 3 aliphatic rings. The maximum absolute atomic E-state index is 6.13. The largest absolute Gasteiger partial charge is 0.420 e. The maximum atomic E-state index is 6.13. The van der Waals surface area contributed by atoms with E-state index in [9.17, 15) is 0 Å². The number of fused-ring (bicyclic) bond motifs is 2. The van der Waals surface area contributed by atoms with Crippen LogP contribution in [-0.4, -0.2) is 11.8 Å². The highest BCUT2D eigenvalue weighted by Crippen LogP contribution is 2.59. The summed E-state index contributed by atoms with van der Waals surface area (Å²) in [6.45, 7) is 9.03. The first kappa shape index (κ1) is 15.6. The van der Waals surface area contributed by atoms with Crippen LogP contribution in [-0.2, 0) is 16.5 Å². The van der Waals surface area contributed by atoms with Crippen molar-refractivity contribution in [2.24, 2.45) is 0 Å². The Kier molecular flexibility index (Phi) is 3.40. The first-order valence-electron chi connectivity index (χ1n) is 8.43. The van der Waals surface area contributed by atoms with Crippen LogP contribution in [0.15, 0.2) is 21.5 Å². The van der Waals surface area contributed by atoms with Gasteiger partial charge in [-0.1, -0.05) is 36.2 Å². The van der Waals surface area contributed by atoms with Crippen LogP contribution in [0.5, 0.6) is 0 Å². The van der Waals surface area contributed by atoms with Gasteiger partial charge in [0, 0.05) is 20.3 Å². The zero-order valence-corrected chi connectivity index (χ0v) is 16.4. The first-order valence-corrected chi connectivity index (χ1v) is 10.1. The van der Waals surface area contributed by atoms with Crippen molar-refractivity contribution in [3.63, 3.8) is 0 Å². The maximum Gasteiger partial charge on any atom is 0.375 e. The number of benzene rings is 1. The molecule has 4 heteroatoms. The molecular weight excluding hydrogens is 355 g/mol. The standard InChI is InChI=1S/C18H24BBrOS/c1-16(2)17(3,4)21-19(16)22-13-10-12-6-9-18(7-5-8-18)15(12)14(20)11-13/h10-11H,5-9H2,1-4H3. The molecule has 22 heavy (non-hydrogen) atoms. The Bertz CT molecular complexity index is 636. The molecule has 0 aromatic heterocycles. The molecule has 2 aliphatic carbocycles. The number of halogens is 1. The predicted molar refractivity (Wildman–Crippen MR) is 98.8 cm³/mol. The van der Waals surface area contributed by atoms with Crippen LogP contribution in [0.25, 0.3) is 0 Å². The van der Waals surface area contributed by atoms with Gasteiger partial charge >= 0.3 is 6.19 Å². The average molecular weight is 379 g/mol. The van der Waals surface area contributed by atoms with E-state index in [4.69, 9.17) is 4.65 Å². The molecule has 1 spiro atoms. The van der Waals surface area contributed by atoms with Gasteiger partial charge in [0.25, 0.3) is 0 Å². The van der Waals surface area contributed by atoms with E-state index < -0.39 is 0 Å². The van der Waals surface area contributed by atoms with Gasteiger partial charge in [0.15, 0.2) is 0 Å². The molecule has 1 saturated heterocycles. The summed E-state index contributed by atoms with van der Waals surface area (Å²) in [6.07, 6.45) is 7.04. The Morgan fingerprint density at radius 2 is 1.86 bits per heavy atom. The summed E-state index contributed by atoms with van der Waals surface area (Å²) < 4.78 is 7.46. The zero-order valence-electron chi connectivity index (χ0n) is 14.0. The second-order valence-corrected chi connectivity index (χ2v) is 10.4. The molecule has 1 heterocycles. The van der Waals surface area contributed by atoms with E-state index in [1.807, 2.05) is 11.6 Å². The van der Waals surface area contributed by atoms with Gasteiger partial charge < -0.3 is 4.65 Å². The molecule has 0 bridgehead atoms. The van der Waals surface area contributed by atoms with Crippen molar-refractivity contribution in [3.05, 3.63) is 27.7 Å². The van der Waals surface area contributed by atoms with Gasteiger partial charge in [-0.25, -0.2) is 0 Å². The minimum atomic E-state index is -0.0192. The van der Waals surface area contributed by atoms with E-state index in [1.165, 1.54) is 41.5 Å². The van der Waals surface area contributed by atoms with Gasteiger partial charge in [-0.05, 0) is 68.2 Å². The summed E-state index contributed by atoms with van der Waals surface area (Å²) in [5.41, 5.74) is 3.70. The van der Waals surface area contributed by atoms with Crippen molar-refractivity contribution in [1.82, 2.24) is 0 Å². The Hall–Kier alpha value is 0.0749. The molecule has 1 nitrogen and oxygen atoms in total. The highest BCUT2D eigenvalue weighted by molar-refractivity contribution is 9.10. The van der Waals surface area contributed by atoms with E-state index in [0.29, 0.717) is 5.41 Å². The molecule has 2 fully saturated rings. The summed E-state index contributed by atoms with van der Waals surface area (Å²) in [6, 6.07) is 4.77. The van der Waals surface area contributed by atoms with Gasteiger partial charge in [0.05, 0.1) is 0 Å². The van der Waals surface area contributed by atoms with E-state index in [1.54, 1.807) is 11.1 Å². The zero-order chi connectivity index (χ0) is 15.8. The second-order valence-electron chi connectivity index (χ2n) is 8.37. The Morgan fingerprint density at radius 3 is 2.41 bits per heavy atom. The predicted octanol–water partition coefficient (Wildman–Crippen LogP) is 5.99. The van der Waals surface area contributed by atoms with Crippen LogP contribution in [0.4, 0.5) is 0 Å². The summed E-state index contributed by atoms with van der Waals surface area (Å²) in [5, 5.41) is 0.207. The number of hydrogen-bond acceptors (Lipinski definition) is 2. The van der Waals surface area contributed by atoms with Crippen molar-refractivity contribution in [2.75, 3.05) is 0 Å². The average Bonchev–Trinajstić information content (AvgIpc) is 2.78. The molecule has 4 rings (SSSR count). The van der Waals surface area contributed by atoms with Crippen molar-refractivity contribution in [1.29, 1.82) is 0 Å². The van der Waals surface area contributed by atoms with Crippen LogP contribution >= 0.6 is 27.5 Å². The fraction of sp³-hybridized carbons (Fsp3) is 0.667. The lowest BCUT2D eigenvalue weighted by Crippen LogP contribution is -2.59. The molecule has 1 aliphatic heterocycles. The van der Waals surface area contributed by atoms with Crippen molar-refractivity contribution >= 4 is 33.7 Å². The van der Waals surface area contributed by atoms with Gasteiger partial charge in [-0.3, -0.25) is 0 Å². The molecule has 118 valence electrons. The lowest BCUT2D eigenvalue weighted by atomic mass is 9.49. The number of hydrogen-bond donors (Lipinski definition) is 0. The van der Waals surface area contributed by atoms with Crippen molar-refractivity contribution in [3.8, 4) is 0 Å². The van der Waals surface area contributed by atoms with Crippen molar-refractivity contribution < 1.29 is 4.65 Å². The van der Waals surface area contributed by atoms with E-state index >= 15 is 0 Å². The van der Waals surface area contributed by atoms with Gasteiger partial charge in [0.1, 0.15) is 0 Å². The topological polar surface area (TPSA) is 9.23 Å². The fourth-order valence-corrected chi connectivity index (χ4v) is 6.77. The smallest absolute Gasteiger partial charge is 0.375 e. The Balaban J connectivity index is 1.60. The summed E-state index contributed by atoms with van der Waals surface area (Å²) in [4.78, 5) is 1.36. The van der Waals surface area contributed by atoms with E-state index in [-0.39, 0.29) is 17.1 Å². The Morgan fingerprint density at radius 1 is 1.14 bits per heavy atom. The summed E-state index contributed by atoms with van der Waals surface area (Å²) in [7, 11) is 0. The number of aryl methyl sites for hydroxylation is 1. The SMILES string of the molecule is CC1(C)OB(Sc2cc(Br)c3c(c2)CCC32CCC2)C1(C)C. The molecule has 0 amide bonds. The molecule has 1 saturated carbocycles. The van der Waals surface area contributed by atoms with Crippen LogP contribution < -0.4 is 0 Å². The normalized spacial score (nSPS) is 26.5. The minimum Gasteiger partial charge on any atom is -0.420 e. The third-order valence-electron chi connectivity index (χ3n) is 6.65. The second kappa shape index (κ2) is 4.80. The van der Waals surface area contributed by atoms with E-state index in [2.05, 4.69) is 55.8 Å². The van der Waals surface area contributed by atoms with Crippen LogP contribution in [0.1, 0.15) is 64.5 Å². The van der Waals surface area contributed by atoms with Crippen LogP contribution in [0.2, 0.25) is 5.31 Å². The quantitative estimate of drug-likeness (QED) is 0.584. The van der Waals surface area contributed by atoms with E-state index in [0.717, 1.165) is 0 Å². The fourth-order valence-electron chi connectivity index (χ4n) is 4.19. The monoisotopic (exact) mass is 378 g/mol. The lowest BCUT2D eigenvalue weighted by Gasteiger charge is -2.56. The first-order chi connectivity index (χ1) is 10.3. The van der Waals surface area contributed by atoms with Gasteiger partial charge in [0.2, 0.25) is 0 Å². The summed E-state index contributed by atoms with van der Waals surface area (Å²) in [5.74, 6) is 0. The van der Waals surface area contributed by atoms with Crippen LogP contribution in [0.3, 0.4) is 0 Å². The molecule has 0 unspecified atom stereocenters. The third-order valence-corrected chi connectivity index (χ3v) is 8.68. The third kappa shape index (κ3) is 2.02. The highest BCUT2D eigenvalue weighted by atomic mass is 79.9. The van der Waals surface area contributed by atoms with Gasteiger partial charge in [-0.2, -0.15) is 0 Å². The lowest BCUT2D eigenvalue weighted by molar-refractivity contribution is -0.00482. The molecule has 1 aromatic rings. The molecule has 0 radical (unpaired) electrons. The molecule has 1 aromatic carbocycles.